The number of hydrogen-bond acceptors (Lipinski definition) is 3. The van der Waals surface area contributed by atoms with Crippen LogP contribution in [-0.2, 0) is 0 Å². The third-order valence-corrected chi connectivity index (χ3v) is 2.31. The van der Waals surface area contributed by atoms with E-state index in [1.165, 1.54) is 0 Å². The first-order valence-electron chi connectivity index (χ1n) is 4.63. The summed E-state index contributed by atoms with van der Waals surface area (Å²) in [5.41, 5.74) is 3.11. The van der Waals surface area contributed by atoms with Crippen LogP contribution in [-0.4, -0.2) is 19.6 Å². The molecule has 72 valence electrons. The average Bonchev–Trinajstić information content (AvgIpc) is 2.77. The molecule has 3 rings (SSSR count). The number of aromatic nitrogens is 4. The van der Waals surface area contributed by atoms with Crippen molar-refractivity contribution in [2.45, 2.75) is 0 Å². The molecule has 15 heavy (non-hydrogen) atoms. The molecule has 4 heteroatoms. The monoisotopic (exact) mass is 196 g/mol. The summed E-state index contributed by atoms with van der Waals surface area (Å²) < 4.78 is 1.88. The normalized spacial score (nSPS) is 10.7. The highest BCUT2D eigenvalue weighted by Gasteiger charge is 1.99. The van der Waals surface area contributed by atoms with E-state index in [9.17, 15) is 0 Å². The summed E-state index contributed by atoms with van der Waals surface area (Å²) in [7, 11) is 0. The highest BCUT2D eigenvalue weighted by Crippen LogP contribution is 2.18. The Labute approximate surface area is 86.2 Å². The molecule has 0 atom stereocenters. The summed E-state index contributed by atoms with van der Waals surface area (Å²) in [5.74, 6) is 0. The molecule has 3 aromatic heterocycles. The van der Waals surface area contributed by atoms with Gasteiger partial charge < -0.3 is 0 Å². The molecule has 3 heterocycles. The fourth-order valence-electron chi connectivity index (χ4n) is 1.54. The quantitative estimate of drug-likeness (QED) is 0.596. The van der Waals surface area contributed by atoms with E-state index in [-0.39, 0.29) is 0 Å². The molecule has 0 aliphatic rings. The van der Waals surface area contributed by atoms with Crippen molar-refractivity contribution in [3.8, 4) is 11.1 Å². The summed E-state index contributed by atoms with van der Waals surface area (Å²) in [6.45, 7) is 0. The first-order chi connectivity index (χ1) is 7.43. The van der Waals surface area contributed by atoms with Gasteiger partial charge in [0.1, 0.15) is 6.33 Å². The number of hydrogen-bond donors (Lipinski definition) is 0. The van der Waals surface area contributed by atoms with Crippen molar-refractivity contribution in [1.82, 2.24) is 19.6 Å². The van der Waals surface area contributed by atoms with Gasteiger partial charge in [-0.3, -0.25) is 9.38 Å². The highest BCUT2D eigenvalue weighted by atomic mass is 15.2. The topological polar surface area (TPSA) is 43.1 Å². The molecule has 3 aromatic rings. The molecule has 0 saturated carbocycles. The van der Waals surface area contributed by atoms with Crippen LogP contribution in [0.5, 0.6) is 0 Å². The van der Waals surface area contributed by atoms with Crippen LogP contribution in [0.2, 0.25) is 0 Å². The van der Waals surface area contributed by atoms with Gasteiger partial charge in [-0.15, -0.1) is 10.2 Å². The Morgan fingerprint density at radius 3 is 2.73 bits per heavy atom. The second kappa shape index (κ2) is 3.16. The first-order valence-corrected chi connectivity index (χ1v) is 4.63. The minimum absolute atomic E-state index is 0.851. The molecular formula is C11H8N4. The van der Waals surface area contributed by atoms with E-state index in [2.05, 4.69) is 15.2 Å². The van der Waals surface area contributed by atoms with Crippen LogP contribution in [0.1, 0.15) is 0 Å². The van der Waals surface area contributed by atoms with E-state index in [1.54, 1.807) is 18.7 Å². The molecule has 0 aromatic carbocycles. The smallest absolute Gasteiger partial charge is 0.161 e. The number of fused-ring (bicyclic) bond motifs is 1. The minimum Gasteiger partial charge on any atom is -0.289 e. The van der Waals surface area contributed by atoms with Crippen LogP contribution in [0.4, 0.5) is 0 Å². The Bertz CT molecular complexity index is 586. The molecule has 0 bridgehead atoms. The lowest BCUT2D eigenvalue weighted by Crippen LogP contribution is -1.84. The standard InChI is InChI=1S/C11H8N4/c1-4-12-5-2-9(1)10-3-6-15-8-13-14-11(15)7-10/h1-8H. The Kier molecular flexibility index (Phi) is 1.71. The van der Waals surface area contributed by atoms with Crippen molar-refractivity contribution >= 4 is 5.65 Å². The molecule has 0 spiro atoms. The molecule has 4 nitrogen and oxygen atoms in total. The van der Waals surface area contributed by atoms with Crippen molar-refractivity contribution < 1.29 is 0 Å². The molecule has 0 unspecified atom stereocenters. The number of rotatable bonds is 1. The van der Waals surface area contributed by atoms with E-state index >= 15 is 0 Å². The van der Waals surface area contributed by atoms with E-state index in [0.717, 1.165) is 16.8 Å². The lowest BCUT2D eigenvalue weighted by Gasteiger charge is -2.00. The molecular weight excluding hydrogens is 188 g/mol. The number of nitrogens with zero attached hydrogens (tertiary/aromatic N) is 4. The second-order valence-corrected chi connectivity index (χ2v) is 3.25. The van der Waals surface area contributed by atoms with Gasteiger partial charge in [-0.1, -0.05) is 0 Å². The lowest BCUT2D eigenvalue weighted by molar-refractivity contribution is 1.10. The number of pyridine rings is 2. The Balaban J connectivity index is 2.19. The maximum absolute atomic E-state index is 4.00. The third-order valence-electron chi connectivity index (χ3n) is 2.31. The van der Waals surface area contributed by atoms with Crippen LogP contribution >= 0.6 is 0 Å². The minimum atomic E-state index is 0.851. The molecule has 0 fully saturated rings. The van der Waals surface area contributed by atoms with Gasteiger partial charge in [0.25, 0.3) is 0 Å². The maximum atomic E-state index is 4.00. The average molecular weight is 196 g/mol. The van der Waals surface area contributed by atoms with Crippen molar-refractivity contribution in [1.29, 1.82) is 0 Å². The van der Waals surface area contributed by atoms with Crippen molar-refractivity contribution in [2.24, 2.45) is 0 Å². The maximum Gasteiger partial charge on any atom is 0.161 e. The zero-order chi connectivity index (χ0) is 10.1. The zero-order valence-electron chi connectivity index (χ0n) is 7.91. The molecule has 0 aliphatic heterocycles. The van der Waals surface area contributed by atoms with Crippen molar-refractivity contribution in [3.05, 3.63) is 49.2 Å². The van der Waals surface area contributed by atoms with Crippen molar-refractivity contribution in [3.63, 3.8) is 0 Å². The van der Waals surface area contributed by atoms with Gasteiger partial charge in [-0.05, 0) is 35.4 Å². The fourth-order valence-corrected chi connectivity index (χ4v) is 1.54. The lowest BCUT2D eigenvalue weighted by atomic mass is 10.1. The van der Waals surface area contributed by atoms with E-state index in [0.29, 0.717) is 0 Å². The molecule has 0 aliphatic carbocycles. The first kappa shape index (κ1) is 8.11. The predicted octanol–water partition coefficient (Wildman–Crippen LogP) is 1.79. The molecule has 0 N–H and O–H groups in total. The summed E-state index contributed by atoms with van der Waals surface area (Å²) in [6.07, 6.45) is 7.20. The molecule has 0 saturated heterocycles. The fraction of sp³-hybridized carbons (Fsp3) is 0. The van der Waals surface area contributed by atoms with Crippen LogP contribution in [0.3, 0.4) is 0 Å². The van der Waals surface area contributed by atoms with Gasteiger partial charge in [0.2, 0.25) is 0 Å². The summed E-state index contributed by atoms with van der Waals surface area (Å²) in [5, 5.41) is 7.84. The summed E-state index contributed by atoms with van der Waals surface area (Å²) in [6, 6.07) is 7.98. The van der Waals surface area contributed by atoms with Gasteiger partial charge in [-0.25, -0.2) is 0 Å². The third kappa shape index (κ3) is 1.36. The van der Waals surface area contributed by atoms with Crippen LogP contribution in [0.25, 0.3) is 16.8 Å². The van der Waals surface area contributed by atoms with Crippen molar-refractivity contribution in [2.75, 3.05) is 0 Å². The Morgan fingerprint density at radius 1 is 1.00 bits per heavy atom. The second-order valence-electron chi connectivity index (χ2n) is 3.25. The zero-order valence-corrected chi connectivity index (χ0v) is 7.91. The highest BCUT2D eigenvalue weighted by molar-refractivity contribution is 5.66. The van der Waals surface area contributed by atoms with Gasteiger partial charge in [0, 0.05) is 18.6 Å². The van der Waals surface area contributed by atoms with Crippen LogP contribution in [0, 0.1) is 0 Å². The Morgan fingerprint density at radius 2 is 1.87 bits per heavy atom. The largest absolute Gasteiger partial charge is 0.289 e. The van der Waals surface area contributed by atoms with Gasteiger partial charge in [-0.2, -0.15) is 0 Å². The van der Waals surface area contributed by atoms with E-state index < -0.39 is 0 Å². The summed E-state index contributed by atoms with van der Waals surface area (Å²) in [4.78, 5) is 3.99. The SMILES string of the molecule is c1cc(-c2ccn3cnnc3c2)ccn1. The van der Waals surface area contributed by atoms with Gasteiger partial charge >= 0.3 is 0 Å². The van der Waals surface area contributed by atoms with E-state index in [4.69, 9.17) is 0 Å². The van der Waals surface area contributed by atoms with Crippen LogP contribution < -0.4 is 0 Å². The van der Waals surface area contributed by atoms with Gasteiger partial charge in [0.05, 0.1) is 0 Å². The molecule has 0 amide bonds. The predicted molar refractivity (Wildman–Crippen MR) is 56.2 cm³/mol. The van der Waals surface area contributed by atoms with E-state index in [1.807, 2.05) is 34.9 Å². The van der Waals surface area contributed by atoms with Crippen LogP contribution in [0.15, 0.2) is 49.2 Å². The molecule has 0 radical (unpaired) electrons. The van der Waals surface area contributed by atoms with Gasteiger partial charge in [0.15, 0.2) is 5.65 Å². The Hall–Kier alpha value is -2.23. The summed E-state index contributed by atoms with van der Waals surface area (Å²) >= 11 is 0.